The highest BCUT2D eigenvalue weighted by Crippen LogP contribution is 2.38. The molecule has 2 heterocycles. The number of hydrogen-bond acceptors (Lipinski definition) is 8. The minimum atomic E-state index is -0.643. The predicted molar refractivity (Wildman–Crippen MR) is 121 cm³/mol. The van der Waals surface area contributed by atoms with E-state index < -0.39 is 11.8 Å². The molecule has 5 rings (SSSR count). The molecule has 0 spiro atoms. The van der Waals surface area contributed by atoms with Crippen molar-refractivity contribution in [3.63, 3.8) is 0 Å². The SMILES string of the molecule is COc1ccc(OC)c2c1C(=O)N(n1c(-c3ccc(O)cc3)nnc1-c1ccc(O)cc1)C2=O. The number of benzene rings is 3. The van der Waals surface area contributed by atoms with E-state index in [1.165, 1.54) is 43.2 Å². The lowest BCUT2D eigenvalue weighted by Gasteiger charge is -2.19. The molecule has 0 bridgehead atoms. The summed E-state index contributed by atoms with van der Waals surface area (Å²) in [6, 6.07) is 15.3. The van der Waals surface area contributed by atoms with Crippen LogP contribution in [-0.2, 0) is 0 Å². The number of aromatic hydroxyl groups is 2. The Hall–Kier alpha value is -4.86. The molecule has 3 aromatic carbocycles. The summed E-state index contributed by atoms with van der Waals surface area (Å²) in [4.78, 5) is 27.3. The Labute approximate surface area is 193 Å². The van der Waals surface area contributed by atoms with Gasteiger partial charge in [-0.15, -0.1) is 10.2 Å². The second kappa shape index (κ2) is 7.93. The van der Waals surface area contributed by atoms with Gasteiger partial charge in [-0.25, -0.2) is 4.68 Å². The monoisotopic (exact) mass is 458 g/mol. The molecule has 0 aliphatic carbocycles. The Morgan fingerprint density at radius 3 is 1.38 bits per heavy atom. The summed E-state index contributed by atoms with van der Waals surface area (Å²) < 4.78 is 12.0. The van der Waals surface area contributed by atoms with Gasteiger partial charge in [-0.2, -0.15) is 5.01 Å². The molecule has 10 heteroatoms. The number of imide groups is 1. The summed E-state index contributed by atoms with van der Waals surface area (Å²) in [6.07, 6.45) is 0. The maximum atomic E-state index is 13.6. The number of rotatable bonds is 5. The molecule has 1 aromatic heterocycles. The zero-order valence-corrected chi connectivity index (χ0v) is 18.1. The molecule has 0 unspecified atom stereocenters. The molecule has 1 aliphatic rings. The molecule has 1 aliphatic heterocycles. The van der Waals surface area contributed by atoms with E-state index in [-0.39, 0.29) is 45.8 Å². The van der Waals surface area contributed by atoms with Crippen LogP contribution in [0.2, 0.25) is 0 Å². The lowest BCUT2D eigenvalue weighted by molar-refractivity contribution is 0.0886. The van der Waals surface area contributed by atoms with Crippen LogP contribution in [0.3, 0.4) is 0 Å². The molecular formula is C24H18N4O6. The summed E-state index contributed by atoms with van der Waals surface area (Å²) in [7, 11) is 2.82. The maximum Gasteiger partial charge on any atom is 0.285 e. The van der Waals surface area contributed by atoms with E-state index in [1.807, 2.05) is 0 Å². The highest BCUT2D eigenvalue weighted by molar-refractivity contribution is 6.33. The molecular weight excluding hydrogens is 440 g/mol. The van der Waals surface area contributed by atoms with Gasteiger partial charge in [0.05, 0.1) is 14.2 Å². The fourth-order valence-corrected chi connectivity index (χ4v) is 3.87. The van der Waals surface area contributed by atoms with Crippen LogP contribution < -0.4 is 14.5 Å². The van der Waals surface area contributed by atoms with Gasteiger partial charge in [-0.05, 0) is 60.7 Å². The number of hydrogen-bond donors (Lipinski definition) is 2. The molecule has 0 atom stereocenters. The van der Waals surface area contributed by atoms with Crippen molar-refractivity contribution in [1.29, 1.82) is 0 Å². The van der Waals surface area contributed by atoms with Crippen LogP contribution in [0.4, 0.5) is 0 Å². The van der Waals surface area contributed by atoms with E-state index in [9.17, 15) is 19.8 Å². The van der Waals surface area contributed by atoms with Crippen molar-refractivity contribution in [3.8, 4) is 45.8 Å². The Morgan fingerprint density at radius 1 is 0.647 bits per heavy atom. The fraction of sp³-hybridized carbons (Fsp3) is 0.0833. The number of methoxy groups -OCH3 is 2. The van der Waals surface area contributed by atoms with Crippen molar-refractivity contribution >= 4 is 11.8 Å². The van der Waals surface area contributed by atoms with Gasteiger partial charge in [0.25, 0.3) is 11.8 Å². The molecule has 4 aromatic rings. The van der Waals surface area contributed by atoms with Gasteiger partial charge in [0, 0.05) is 11.1 Å². The van der Waals surface area contributed by atoms with E-state index in [1.54, 1.807) is 36.4 Å². The number of fused-ring (bicyclic) bond motifs is 1. The third-order valence-corrected chi connectivity index (χ3v) is 5.47. The first kappa shape index (κ1) is 21.0. The molecule has 0 radical (unpaired) electrons. The molecule has 170 valence electrons. The second-order valence-corrected chi connectivity index (χ2v) is 7.39. The summed E-state index contributed by atoms with van der Waals surface area (Å²) >= 11 is 0. The molecule has 34 heavy (non-hydrogen) atoms. The first-order valence-electron chi connectivity index (χ1n) is 10.1. The van der Waals surface area contributed by atoms with Gasteiger partial charge in [-0.3, -0.25) is 9.59 Å². The smallest absolute Gasteiger partial charge is 0.285 e. The van der Waals surface area contributed by atoms with E-state index >= 15 is 0 Å². The first-order chi connectivity index (χ1) is 16.4. The Morgan fingerprint density at radius 2 is 1.03 bits per heavy atom. The number of amides is 2. The number of nitrogens with zero attached hydrogens (tertiary/aromatic N) is 4. The van der Waals surface area contributed by atoms with Gasteiger partial charge in [-0.1, -0.05) is 0 Å². The topological polar surface area (TPSA) is 127 Å². The average molecular weight is 458 g/mol. The van der Waals surface area contributed by atoms with Crippen LogP contribution in [0.25, 0.3) is 22.8 Å². The minimum Gasteiger partial charge on any atom is -0.508 e. The number of aromatic nitrogens is 3. The first-order valence-corrected chi connectivity index (χ1v) is 10.1. The van der Waals surface area contributed by atoms with Gasteiger partial charge in [0.2, 0.25) is 0 Å². The van der Waals surface area contributed by atoms with Gasteiger partial charge in [0.15, 0.2) is 11.6 Å². The highest BCUT2D eigenvalue weighted by atomic mass is 16.5. The normalized spacial score (nSPS) is 12.7. The number of phenolic OH excluding ortho intramolecular Hbond substituents is 2. The Bertz CT molecular complexity index is 1320. The number of ether oxygens (including phenoxy) is 2. The fourth-order valence-electron chi connectivity index (χ4n) is 3.87. The lowest BCUT2D eigenvalue weighted by atomic mass is 10.1. The highest BCUT2D eigenvalue weighted by Gasteiger charge is 2.44. The van der Waals surface area contributed by atoms with Crippen LogP contribution in [0.15, 0.2) is 60.7 Å². The van der Waals surface area contributed by atoms with Crippen LogP contribution in [-0.4, -0.2) is 51.1 Å². The number of carbonyl (C=O) groups excluding carboxylic acids is 2. The van der Waals surface area contributed by atoms with Crippen molar-refractivity contribution in [2.75, 3.05) is 19.2 Å². The van der Waals surface area contributed by atoms with E-state index in [0.29, 0.717) is 11.1 Å². The summed E-state index contributed by atoms with van der Waals surface area (Å²) in [6.45, 7) is 0. The zero-order valence-electron chi connectivity index (χ0n) is 18.1. The minimum absolute atomic E-state index is 0.0452. The predicted octanol–water partition coefficient (Wildman–Crippen LogP) is 2.97. The van der Waals surface area contributed by atoms with Gasteiger partial charge < -0.3 is 19.7 Å². The zero-order chi connectivity index (χ0) is 24.0. The van der Waals surface area contributed by atoms with E-state index in [4.69, 9.17) is 9.47 Å². The third kappa shape index (κ3) is 3.12. The van der Waals surface area contributed by atoms with Gasteiger partial charge in [0.1, 0.15) is 34.1 Å². The van der Waals surface area contributed by atoms with Crippen LogP contribution in [0, 0.1) is 0 Å². The molecule has 0 saturated heterocycles. The van der Waals surface area contributed by atoms with Crippen molar-refractivity contribution in [2.45, 2.75) is 0 Å². The lowest BCUT2D eigenvalue weighted by Crippen LogP contribution is -2.41. The summed E-state index contributed by atoms with van der Waals surface area (Å²) in [5, 5.41) is 28.8. The van der Waals surface area contributed by atoms with Crippen molar-refractivity contribution in [3.05, 3.63) is 71.8 Å². The molecule has 2 N–H and O–H groups in total. The number of phenols is 2. The molecule has 0 fully saturated rings. The van der Waals surface area contributed by atoms with Gasteiger partial charge >= 0.3 is 0 Å². The summed E-state index contributed by atoms with van der Waals surface area (Å²) in [5.74, 6) is -0.367. The summed E-state index contributed by atoms with van der Waals surface area (Å²) in [5.41, 5.74) is 1.14. The largest absolute Gasteiger partial charge is 0.508 e. The van der Waals surface area contributed by atoms with E-state index in [0.717, 1.165) is 5.01 Å². The van der Waals surface area contributed by atoms with Crippen LogP contribution in [0.1, 0.15) is 20.7 Å². The molecule has 10 nitrogen and oxygen atoms in total. The molecule has 2 amide bonds. The quantitative estimate of drug-likeness (QED) is 0.437. The Kier molecular flexibility index (Phi) is 4.90. The van der Waals surface area contributed by atoms with Crippen molar-refractivity contribution in [1.82, 2.24) is 14.9 Å². The van der Waals surface area contributed by atoms with E-state index in [2.05, 4.69) is 10.2 Å². The van der Waals surface area contributed by atoms with Crippen LogP contribution >= 0.6 is 0 Å². The van der Waals surface area contributed by atoms with Crippen molar-refractivity contribution in [2.24, 2.45) is 0 Å². The number of carbonyl (C=O) groups is 2. The Balaban J connectivity index is 1.76. The van der Waals surface area contributed by atoms with Crippen LogP contribution in [0.5, 0.6) is 23.0 Å². The molecule has 0 saturated carbocycles. The second-order valence-electron chi connectivity index (χ2n) is 7.39. The standard InChI is InChI=1S/C24H18N4O6/c1-33-17-11-12-18(34-2)20-19(17)23(31)28(24(20)32)27-21(13-3-7-15(29)8-4-13)25-26-22(27)14-5-9-16(30)10-6-14/h3-12,29-30H,1-2H3. The average Bonchev–Trinajstić information content (AvgIpc) is 3.38. The van der Waals surface area contributed by atoms with Crippen molar-refractivity contribution < 1.29 is 29.3 Å². The third-order valence-electron chi connectivity index (χ3n) is 5.47. The maximum absolute atomic E-state index is 13.6.